The van der Waals surface area contributed by atoms with Gasteiger partial charge in [0.15, 0.2) is 16.3 Å². The first-order valence-electron chi connectivity index (χ1n) is 16.2. The fourth-order valence-electron chi connectivity index (χ4n) is 5.49. The van der Waals surface area contributed by atoms with E-state index in [1.807, 2.05) is 49.4 Å². The molecular weight excluding hydrogens is 628 g/mol. The zero-order valence-corrected chi connectivity index (χ0v) is 29.1. The fourth-order valence-corrected chi connectivity index (χ4v) is 6.53. The normalized spacial score (nSPS) is 15.0. The van der Waals surface area contributed by atoms with Gasteiger partial charge in [-0.25, -0.2) is 9.79 Å². The van der Waals surface area contributed by atoms with E-state index in [-0.39, 0.29) is 12.2 Å². The minimum absolute atomic E-state index is 0.205. The van der Waals surface area contributed by atoms with Crippen molar-refractivity contribution in [1.82, 2.24) is 4.57 Å². The first-order chi connectivity index (χ1) is 23.3. The van der Waals surface area contributed by atoms with E-state index in [9.17, 15) is 9.59 Å². The third kappa shape index (κ3) is 7.65. The minimum atomic E-state index is -0.705. The molecule has 0 fully saturated rings. The van der Waals surface area contributed by atoms with Gasteiger partial charge in [-0.3, -0.25) is 9.36 Å². The Balaban J connectivity index is 1.40. The van der Waals surface area contributed by atoms with Gasteiger partial charge >= 0.3 is 5.97 Å². The van der Waals surface area contributed by atoms with E-state index in [1.165, 1.54) is 16.9 Å². The van der Waals surface area contributed by atoms with Crippen LogP contribution < -0.4 is 33.8 Å². The lowest BCUT2D eigenvalue weighted by Gasteiger charge is -2.24. The number of hydrogen-bond donors (Lipinski definition) is 0. The molecule has 48 heavy (non-hydrogen) atoms. The summed E-state index contributed by atoms with van der Waals surface area (Å²) in [6.07, 6.45) is 2.89. The average molecular weight is 671 g/mol. The van der Waals surface area contributed by atoms with Crippen LogP contribution in [0.3, 0.4) is 0 Å². The van der Waals surface area contributed by atoms with Gasteiger partial charge in [-0.15, -0.1) is 0 Å². The number of aromatic nitrogens is 1. The van der Waals surface area contributed by atoms with E-state index < -0.39 is 12.0 Å². The van der Waals surface area contributed by atoms with Gasteiger partial charge in [0.25, 0.3) is 5.56 Å². The number of thiazole rings is 1. The molecule has 0 N–H and O–H groups in total. The zero-order valence-electron chi connectivity index (χ0n) is 28.3. The molecule has 1 aromatic heterocycles. The number of hydrogen-bond acceptors (Lipinski definition) is 9. The smallest absolute Gasteiger partial charge is 0.338 e. The Morgan fingerprint density at radius 3 is 2.29 bits per heavy atom. The summed E-state index contributed by atoms with van der Waals surface area (Å²) >= 11 is 1.26. The van der Waals surface area contributed by atoms with E-state index >= 15 is 0 Å². The lowest BCUT2D eigenvalue weighted by molar-refractivity contribution is -0.139. The molecule has 0 aliphatic carbocycles. The molecule has 3 aromatic carbocycles. The van der Waals surface area contributed by atoms with E-state index in [0.29, 0.717) is 63.6 Å². The van der Waals surface area contributed by atoms with Crippen LogP contribution in [-0.2, 0) is 9.53 Å². The highest BCUT2D eigenvalue weighted by Crippen LogP contribution is 2.32. The quantitative estimate of drug-likeness (QED) is 0.117. The predicted octanol–water partition coefficient (Wildman–Crippen LogP) is 6.18. The molecule has 0 saturated heterocycles. The Labute approximate surface area is 284 Å². The maximum absolute atomic E-state index is 14.0. The number of esters is 1. The second kappa shape index (κ2) is 15.8. The number of methoxy groups -OCH3 is 1. The molecule has 0 radical (unpaired) electrons. The summed E-state index contributed by atoms with van der Waals surface area (Å²) in [5, 5.41) is 0. The highest BCUT2D eigenvalue weighted by atomic mass is 32.1. The first kappa shape index (κ1) is 34.5. The highest BCUT2D eigenvalue weighted by Gasteiger charge is 2.33. The molecule has 0 spiro atoms. The van der Waals surface area contributed by atoms with Gasteiger partial charge < -0.3 is 23.7 Å². The van der Waals surface area contributed by atoms with Gasteiger partial charge in [0, 0.05) is 0 Å². The van der Waals surface area contributed by atoms with Crippen LogP contribution in [0.4, 0.5) is 0 Å². The Morgan fingerprint density at radius 1 is 0.917 bits per heavy atom. The zero-order chi connectivity index (χ0) is 34.2. The Morgan fingerprint density at radius 2 is 1.62 bits per heavy atom. The molecule has 2 heterocycles. The number of carbonyl (C=O) groups excluding carboxylic acids is 1. The third-order valence-electron chi connectivity index (χ3n) is 8.19. The standard InChI is InChI=1S/C38H42N2O7S/c1-7-24(4)27-11-17-30(18-12-27)46-20-21-47-31-19-10-26(22-32(31)44-8-2)23-33-36(41)40-35(28-13-15-29(43-6)16-14-28)34(37(42)45-9-3)25(5)39-38(40)48-33/h10-19,22-24,35H,7-9,20-21H2,1-6H3/b33-23-/t24-,35-/m0/s1. The topological polar surface area (TPSA) is 97.6 Å². The van der Waals surface area contributed by atoms with Gasteiger partial charge in [-0.05, 0) is 92.3 Å². The number of benzene rings is 3. The molecule has 9 nitrogen and oxygen atoms in total. The number of ether oxygens (including phenoxy) is 5. The molecule has 0 unspecified atom stereocenters. The first-order valence-corrected chi connectivity index (χ1v) is 17.1. The van der Waals surface area contributed by atoms with Gasteiger partial charge in [-0.1, -0.05) is 55.5 Å². The van der Waals surface area contributed by atoms with Gasteiger partial charge in [0.05, 0.1) is 42.2 Å². The Kier molecular flexibility index (Phi) is 11.4. The van der Waals surface area contributed by atoms with Crippen LogP contribution in [0.1, 0.15) is 69.7 Å². The van der Waals surface area contributed by atoms with Crippen molar-refractivity contribution >= 4 is 23.4 Å². The number of allylic oxidation sites excluding steroid dienone is 1. The molecule has 0 amide bonds. The molecular formula is C38H42N2O7S. The van der Waals surface area contributed by atoms with Crippen LogP contribution in [0.2, 0.25) is 0 Å². The summed E-state index contributed by atoms with van der Waals surface area (Å²) in [5.74, 6) is 2.62. The van der Waals surface area contributed by atoms with Crippen molar-refractivity contribution in [3.05, 3.63) is 114 Å². The second-order valence-electron chi connectivity index (χ2n) is 11.3. The molecule has 1 aliphatic heterocycles. The molecule has 252 valence electrons. The van der Waals surface area contributed by atoms with Crippen molar-refractivity contribution in [3.63, 3.8) is 0 Å². The molecule has 10 heteroatoms. The lowest BCUT2D eigenvalue weighted by Crippen LogP contribution is -2.39. The van der Waals surface area contributed by atoms with Crippen molar-refractivity contribution in [3.8, 4) is 23.0 Å². The fraction of sp³-hybridized carbons (Fsp3) is 0.342. The Hall–Kier alpha value is -4.83. The summed E-state index contributed by atoms with van der Waals surface area (Å²) < 4.78 is 30.6. The van der Waals surface area contributed by atoms with Crippen LogP contribution in [0, 0.1) is 0 Å². The predicted molar refractivity (Wildman–Crippen MR) is 187 cm³/mol. The average Bonchev–Trinajstić information content (AvgIpc) is 3.40. The molecule has 0 saturated carbocycles. The van der Waals surface area contributed by atoms with E-state index in [0.717, 1.165) is 23.3 Å². The minimum Gasteiger partial charge on any atom is -0.497 e. The van der Waals surface area contributed by atoms with Crippen LogP contribution in [-0.4, -0.2) is 44.1 Å². The highest BCUT2D eigenvalue weighted by molar-refractivity contribution is 7.07. The number of rotatable bonds is 14. The summed E-state index contributed by atoms with van der Waals surface area (Å²) in [4.78, 5) is 32.3. The number of fused-ring (bicyclic) bond motifs is 1. The molecule has 2 atom stereocenters. The van der Waals surface area contributed by atoms with Gasteiger partial charge in [0.1, 0.15) is 24.7 Å². The number of carbonyl (C=O) groups is 1. The van der Waals surface area contributed by atoms with Crippen LogP contribution in [0.15, 0.2) is 87.8 Å². The van der Waals surface area contributed by atoms with Crippen LogP contribution in [0.5, 0.6) is 23.0 Å². The lowest BCUT2D eigenvalue weighted by atomic mass is 9.96. The van der Waals surface area contributed by atoms with Crippen LogP contribution in [0.25, 0.3) is 6.08 Å². The maximum atomic E-state index is 14.0. The van der Waals surface area contributed by atoms with Crippen molar-refractivity contribution in [2.45, 2.75) is 53.0 Å². The molecule has 0 bridgehead atoms. The third-order valence-corrected chi connectivity index (χ3v) is 9.17. The van der Waals surface area contributed by atoms with Crippen molar-refractivity contribution in [1.29, 1.82) is 0 Å². The molecule has 5 rings (SSSR count). The van der Waals surface area contributed by atoms with E-state index in [1.54, 1.807) is 43.7 Å². The van der Waals surface area contributed by atoms with Crippen LogP contribution >= 0.6 is 11.3 Å². The monoisotopic (exact) mass is 670 g/mol. The van der Waals surface area contributed by atoms with E-state index in [4.69, 9.17) is 23.7 Å². The summed E-state index contributed by atoms with van der Waals surface area (Å²) in [6, 6.07) is 20.3. The van der Waals surface area contributed by atoms with E-state index in [2.05, 4.69) is 31.0 Å². The molecule has 1 aliphatic rings. The van der Waals surface area contributed by atoms with Crippen molar-refractivity contribution < 1.29 is 28.5 Å². The second-order valence-corrected chi connectivity index (χ2v) is 12.3. The maximum Gasteiger partial charge on any atom is 0.338 e. The Bertz CT molecular complexity index is 1940. The van der Waals surface area contributed by atoms with Crippen molar-refractivity contribution in [2.24, 2.45) is 4.99 Å². The molecule has 4 aromatic rings. The number of nitrogens with zero attached hydrogens (tertiary/aromatic N) is 2. The summed E-state index contributed by atoms with van der Waals surface area (Å²) in [7, 11) is 1.59. The summed E-state index contributed by atoms with van der Waals surface area (Å²) in [6.45, 7) is 11.2. The van der Waals surface area contributed by atoms with Gasteiger partial charge in [0.2, 0.25) is 0 Å². The largest absolute Gasteiger partial charge is 0.497 e. The van der Waals surface area contributed by atoms with Crippen molar-refractivity contribution in [2.75, 3.05) is 33.5 Å². The van der Waals surface area contributed by atoms with Gasteiger partial charge in [-0.2, -0.15) is 0 Å². The summed E-state index contributed by atoms with van der Waals surface area (Å²) in [5.41, 5.74) is 3.37. The SMILES string of the molecule is CCOC(=O)C1=C(C)N=c2s/c(=C\c3ccc(OCCOc4ccc([C@@H](C)CC)cc4)c(OCC)c3)c(=O)n2[C@H]1c1ccc(OC)cc1.